The van der Waals surface area contributed by atoms with Crippen molar-refractivity contribution < 1.29 is 4.92 Å². The molecule has 2 heterocycles. The number of para-hydroxylation sites is 1. The molecule has 0 aliphatic heterocycles. The molecule has 0 amide bonds. The molecule has 0 bridgehead atoms. The molecule has 1 aromatic carbocycles. The van der Waals surface area contributed by atoms with Crippen molar-refractivity contribution in [2.24, 2.45) is 0 Å². The minimum Gasteiger partial charge on any atom is -0.361 e. The summed E-state index contributed by atoms with van der Waals surface area (Å²) in [6.45, 7) is 1.91. The van der Waals surface area contributed by atoms with Gasteiger partial charge in [-0.25, -0.2) is 9.67 Å². The van der Waals surface area contributed by atoms with E-state index in [1.165, 1.54) is 12.3 Å². The summed E-state index contributed by atoms with van der Waals surface area (Å²) >= 11 is 3.29. The average Bonchev–Trinajstić information content (AvgIpc) is 3.07. The first-order valence-corrected chi connectivity index (χ1v) is 7.88. The Kier molecular flexibility index (Phi) is 4.52. The van der Waals surface area contributed by atoms with E-state index >= 15 is 0 Å². The molecule has 1 N–H and O–H groups in total. The van der Waals surface area contributed by atoms with Gasteiger partial charge in [0.15, 0.2) is 0 Å². The zero-order valence-electron chi connectivity index (χ0n) is 12.6. The molecule has 0 aliphatic rings. The Hall–Kier alpha value is -2.81. The lowest BCUT2D eigenvalue weighted by Crippen LogP contribution is -2.09. The van der Waals surface area contributed by atoms with Gasteiger partial charge in [0.25, 0.3) is 5.69 Å². The predicted molar refractivity (Wildman–Crippen MR) is 92.0 cm³/mol. The van der Waals surface area contributed by atoms with E-state index in [9.17, 15) is 10.1 Å². The fourth-order valence-corrected chi connectivity index (χ4v) is 2.55. The first kappa shape index (κ1) is 16.1. The highest BCUT2D eigenvalue weighted by molar-refractivity contribution is 9.10. The molecular formula is C15H13BrN6O2. The second-order valence-electron chi connectivity index (χ2n) is 5.07. The number of rotatable bonds is 5. The van der Waals surface area contributed by atoms with Crippen LogP contribution < -0.4 is 5.32 Å². The lowest BCUT2D eigenvalue weighted by molar-refractivity contribution is -0.385. The molecule has 0 spiro atoms. The monoisotopic (exact) mass is 388 g/mol. The molecule has 24 heavy (non-hydrogen) atoms. The first-order chi connectivity index (χ1) is 11.5. The Morgan fingerprint density at radius 3 is 2.75 bits per heavy atom. The maximum absolute atomic E-state index is 10.7. The Morgan fingerprint density at radius 1 is 1.33 bits per heavy atom. The van der Waals surface area contributed by atoms with Crippen molar-refractivity contribution in [1.82, 2.24) is 20.0 Å². The molecule has 0 fully saturated rings. The molecule has 9 heteroatoms. The topological polar surface area (TPSA) is 98.8 Å². The average molecular weight is 389 g/mol. The fraction of sp³-hybridized carbons (Fsp3) is 0.133. The molecular weight excluding hydrogens is 376 g/mol. The Bertz CT molecular complexity index is 867. The van der Waals surface area contributed by atoms with Crippen LogP contribution in [-0.2, 0) is 0 Å². The first-order valence-electron chi connectivity index (χ1n) is 7.09. The number of pyridine rings is 1. The number of anilines is 1. The second-order valence-corrected chi connectivity index (χ2v) is 5.92. The van der Waals surface area contributed by atoms with Gasteiger partial charge in [-0.2, -0.15) is 0 Å². The van der Waals surface area contributed by atoms with E-state index in [0.717, 1.165) is 11.4 Å². The highest BCUT2D eigenvalue weighted by Gasteiger charge is 2.15. The second kappa shape index (κ2) is 6.75. The van der Waals surface area contributed by atoms with Gasteiger partial charge in [0.1, 0.15) is 17.7 Å². The van der Waals surface area contributed by atoms with Crippen LogP contribution in [-0.4, -0.2) is 24.9 Å². The van der Waals surface area contributed by atoms with Crippen molar-refractivity contribution in [3.63, 3.8) is 0 Å². The van der Waals surface area contributed by atoms with E-state index < -0.39 is 4.92 Å². The van der Waals surface area contributed by atoms with Gasteiger partial charge in [0, 0.05) is 6.07 Å². The van der Waals surface area contributed by atoms with Gasteiger partial charge in [0.2, 0.25) is 0 Å². The minimum absolute atomic E-state index is 0.0740. The Balaban J connectivity index is 1.77. The van der Waals surface area contributed by atoms with Gasteiger partial charge in [-0.3, -0.25) is 10.1 Å². The number of nitrogens with one attached hydrogen (secondary N) is 1. The van der Waals surface area contributed by atoms with Crippen LogP contribution in [0.5, 0.6) is 0 Å². The maximum Gasteiger partial charge on any atom is 0.288 e. The van der Waals surface area contributed by atoms with E-state index in [-0.39, 0.29) is 11.7 Å². The van der Waals surface area contributed by atoms with Gasteiger partial charge in [-0.1, -0.05) is 23.4 Å². The third kappa shape index (κ3) is 3.40. The minimum atomic E-state index is -0.490. The summed E-state index contributed by atoms with van der Waals surface area (Å²) in [4.78, 5) is 14.3. The quantitative estimate of drug-likeness (QED) is 0.530. The lowest BCUT2D eigenvalue weighted by Gasteiger charge is -2.12. The van der Waals surface area contributed by atoms with E-state index in [2.05, 4.69) is 36.5 Å². The predicted octanol–water partition coefficient (Wildman–Crippen LogP) is 3.51. The summed E-state index contributed by atoms with van der Waals surface area (Å²) in [5, 5.41) is 22.2. The molecule has 1 atom stereocenters. The SMILES string of the molecule is CC(Nc1ncc([N+](=O)[O-])cc1Br)c1cn(-c2ccccc2)nn1. The number of hydrogen-bond donors (Lipinski definition) is 1. The van der Waals surface area contributed by atoms with Crippen molar-refractivity contribution in [3.05, 3.63) is 69.1 Å². The molecule has 122 valence electrons. The molecule has 2 aromatic heterocycles. The smallest absolute Gasteiger partial charge is 0.288 e. The van der Waals surface area contributed by atoms with Crippen LogP contribution in [0.1, 0.15) is 18.7 Å². The van der Waals surface area contributed by atoms with E-state index in [1.807, 2.05) is 43.5 Å². The molecule has 0 radical (unpaired) electrons. The number of benzene rings is 1. The summed E-state index contributed by atoms with van der Waals surface area (Å²) < 4.78 is 2.20. The van der Waals surface area contributed by atoms with Crippen molar-refractivity contribution in [1.29, 1.82) is 0 Å². The number of halogens is 1. The van der Waals surface area contributed by atoms with Gasteiger partial charge < -0.3 is 5.32 Å². The van der Waals surface area contributed by atoms with Crippen LogP contribution in [0.3, 0.4) is 0 Å². The Labute approximate surface area is 145 Å². The summed E-state index contributed by atoms with van der Waals surface area (Å²) in [5.41, 5.74) is 1.57. The number of nitrogens with zero attached hydrogens (tertiary/aromatic N) is 5. The highest BCUT2D eigenvalue weighted by Crippen LogP contribution is 2.27. The van der Waals surface area contributed by atoms with Crippen molar-refractivity contribution in [3.8, 4) is 5.69 Å². The van der Waals surface area contributed by atoms with Crippen LogP contribution in [0.2, 0.25) is 0 Å². The fourth-order valence-electron chi connectivity index (χ4n) is 2.09. The van der Waals surface area contributed by atoms with E-state index in [4.69, 9.17) is 0 Å². The van der Waals surface area contributed by atoms with Crippen LogP contribution in [0.25, 0.3) is 5.69 Å². The molecule has 0 saturated carbocycles. The van der Waals surface area contributed by atoms with Crippen LogP contribution in [0.15, 0.2) is 53.3 Å². The number of aromatic nitrogens is 4. The normalized spacial score (nSPS) is 11.9. The van der Waals surface area contributed by atoms with Gasteiger partial charge >= 0.3 is 0 Å². The molecule has 0 saturated heterocycles. The van der Waals surface area contributed by atoms with Crippen LogP contribution in [0, 0.1) is 10.1 Å². The molecule has 0 aliphatic carbocycles. The number of hydrogen-bond acceptors (Lipinski definition) is 6. The van der Waals surface area contributed by atoms with Gasteiger partial charge in [0.05, 0.1) is 27.3 Å². The van der Waals surface area contributed by atoms with E-state index in [1.54, 1.807) is 4.68 Å². The van der Waals surface area contributed by atoms with Gasteiger partial charge in [-0.15, -0.1) is 5.10 Å². The maximum atomic E-state index is 10.7. The van der Waals surface area contributed by atoms with Crippen LogP contribution in [0.4, 0.5) is 11.5 Å². The molecule has 8 nitrogen and oxygen atoms in total. The van der Waals surface area contributed by atoms with E-state index in [0.29, 0.717) is 10.3 Å². The standard InChI is InChI=1S/C15H13BrN6O2/c1-10(18-15-13(16)7-12(8-17-15)22(23)24)14-9-21(20-19-14)11-5-3-2-4-6-11/h2-10H,1H3,(H,17,18). The number of nitro groups is 1. The zero-order chi connectivity index (χ0) is 17.1. The molecule has 3 rings (SSSR count). The zero-order valence-corrected chi connectivity index (χ0v) is 14.2. The van der Waals surface area contributed by atoms with Crippen LogP contribution >= 0.6 is 15.9 Å². The largest absolute Gasteiger partial charge is 0.361 e. The lowest BCUT2D eigenvalue weighted by atomic mass is 10.2. The molecule has 3 aromatic rings. The summed E-state index contributed by atoms with van der Waals surface area (Å²) in [5.74, 6) is 0.502. The van der Waals surface area contributed by atoms with Crippen molar-refractivity contribution in [2.75, 3.05) is 5.32 Å². The van der Waals surface area contributed by atoms with Gasteiger partial charge in [-0.05, 0) is 35.0 Å². The summed E-state index contributed by atoms with van der Waals surface area (Å²) in [6, 6.07) is 10.9. The third-order valence-corrected chi connectivity index (χ3v) is 3.97. The summed E-state index contributed by atoms with van der Waals surface area (Å²) in [7, 11) is 0. The molecule has 1 unspecified atom stereocenters. The van der Waals surface area contributed by atoms with Crippen molar-refractivity contribution >= 4 is 27.4 Å². The highest BCUT2D eigenvalue weighted by atomic mass is 79.9. The Morgan fingerprint density at radius 2 is 2.08 bits per heavy atom. The van der Waals surface area contributed by atoms with Crippen molar-refractivity contribution in [2.45, 2.75) is 13.0 Å². The summed E-state index contributed by atoms with van der Waals surface area (Å²) in [6.07, 6.45) is 3.03. The third-order valence-electron chi connectivity index (χ3n) is 3.37.